The van der Waals surface area contributed by atoms with Crippen LogP contribution in [0.5, 0.6) is 0 Å². The monoisotopic (exact) mass is 313 g/mol. The molecule has 1 rings (SSSR count). The van der Waals surface area contributed by atoms with Crippen LogP contribution in [-0.2, 0) is 15.1 Å². The van der Waals surface area contributed by atoms with Crippen LogP contribution in [0.15, 0.2) is 28.7 Å². The summed E-state index contributed by atoms with van der Waals surface area (Å²) in [4.78, 5) is 24.1. The van der Waals surface area contributed by atoms with Crippen molar-refractivity contribution >= 4 is 28.3 Å². The maximum Gasteiger partial charge on any atom is 0.334 e. The van der Waals surface area contributed by atoms with Crippen molar-refractivity contribution < 1.29 is 14.7 Å². The van der Waals surface area contributed by atoms with Crippen LogP contribution in [0.2, 0.25) is 0 Å². The third-order valence-corrected chi connectivity index (χ3v) is 3.54. The molecule has 0 aliphatic heterocycles. The molecule has 1 aromatic rings. The van der Waals surface area contributed by atoms with Crippen molar-refractivity contribution in [3.8, 4) is 0 Å². The molecule has 5 heteroatoms. The molecular formula is C13H16BrNO3. The molecule has 4 nitrogen and oxygen atoms in total. The van der Waals surface area contributed by atoms with Gasteiger partial charge in [-0.15, -0.1) is 0 Å². The van der Waals surface area contributed by atoms with E-state index < -0.39 is 11.5 Å². The number of nitrogens with zero attached hydrogens (tertiary/aromatic N) is 1. The maximum atomic E-state index is 11.6. The van der Waals surface area contributed by atoms with Gasteiger partial charge < -0.3 is 10.0 Å². The maximum absolute atomic E-state index is 11.6. The van der Waals surface area contributed by atoms with E-state index in [2.05, 4.69) is 15.9 Å². The molecule has 98 valence electrons. The molecule has 1 N–H and O–H groups in total. The van der Waals surface area contributed by atoms with Gasteiger partial charge in [-0.05, 0) is 38.5 Å². The van der Waals surface area contributed by atoms with Gasteiger partial charge in [0, 0.05) is 10.5 Å². The van der Waals surface area contributed by atoms with Gasteiger partial charge in [0.1, 0.15) is 0 Å². The predicted molar refractivity (Wildman–Crippen MR) is 72.2 cm³/mol. The summed E-state index contributed by atoms with van der Waals surface area (Å²) >= 11 is 3.30. The zero-order valence-electron chi connectivity index (χ0n) is 10.6. The van der Waals surface area contributed by atoms with E-state index >= 15 is 0 Å². The first kappa shape index (κ1) is 14.7. The van der Waals surface area contributed by atoms with Crippen molar-refractivity contribution in [2.75, 3.05) is 0 Å². The van der Waals surface area contributed by atoms with E-state index in [0.29, 0.717) is 12.0 Å². The van der Waals surface area contributed by atoms with E-state index in [9.17, 15) is 14.7 Å². The van der Waals surface area contributed by atoms with E-state index in [1.165, 1.54) is 11.8 Å². The van der Waals surface area contributed by atoms with Gasteiger partial charge in [-0.1, -0.05) is 28.1 Å². The van der Waals surface area contributed by atoms with Crippen LogP contribution in [0.1, 0.15) is 26.3 Å². The minimum Gasteiger partial charge on any atom is -0.479 e. The number of amides is 1. The minimum atomic E-state index is -1.36. The first-order chi connectivity index (χ1) is 8.33. The number of hydrogen-bond acceptors (Lipinski definition) is 2. The smallest absolute Gasteiger partial charge is 0.334 e. The Kier molecular flexibility index (Phi) is 4.51. The number of halogens is 1. The SMILES string of the molecule is CC(C)N(C=O)C(C)(C(=O)O)c1ccc(Br)cc1. The molecule has 0 saturated carbocycles. The lowest BCUT2D eigenvalue weighted by atomic mass is 9.89. The van der Waals surface area contributed by atoms with Crippen molar-refractivity contribution in [3.63, 3.8) is 0 Å². The highest BCUT2D eigenvalue weighted by Crippen LogP contribution is 2.30. The molecule has 0 aliphatic carbocycles. The molecule has 1 aromatic carbocycles. The first-order valence-corrected chi connectivity index (χ1v) is 6.36. The number of carbonyl (C=O) groups is 2. The second-order valence-electron chi connectivity index (χ2n) is 4.49. The lowest BCUT2D eigenvalue weighted by Crippen LogP contribution is -2.52. The molecule has 1 amide bonds. The summed E-state index contributed by atoms with van der Waals surface area (Å²) in [5, 5.41) is 9.49. The predicted octanol–water partition coefficient (Wildman–Crippen LogP) is 2.62. The zero-order valence-corrected chi connectivity index (χ0v) is 12.1. The van der Waals surface area contributed by atoms with Gasteiger partial charge in [0.05, 0.1) is 0 Å². The average molecular weight is 314 g/mol. The number of carboxylic acid groups (broad SMARTS) is 1. The fourth-order valence-electron chi connectivity index (χ4n) is 1.90. The summed E-state index contributed by atoms with van der Waals surface area (Å²) in [5.74, 6) is -1.05. The molecule has 0 saturated heterocycles. The molecule has 0 aromatic heterocycles. The zero-order chi connectivity index (χ0) is 13.9. The van der Waals surface area contributed by atoms with Crippen molar-refractivity contribution in [1.29, 1.82) is 0 Å². The highest BCUT2D eigenvalue weighted by atomic mass is 79.9. The minimum absolute atomic E-state index is 0.202. The van der Waals surface area contributed by atoms with Crippen molar-refractivity contribution in [1.82, 2.24) is 4.90 Å². The Morgan fingerprint density at radius 2 is 1.89 bits per heavy atom. The number of carbonyl (C=O) groups excluding carboxylic acids is 1. The van der Waals surface area contributed by atoms with Crippen LogP contribution >= 0.6 is 15.9 Å². The Morgan fingerprint density at radius 3 is 2.22 bits per heavy atom. The molecular weight excluding hydrogens is 298 g/mol. The molecule has 1 unspecified atom stereocenters. The Balaban J connectivity index is 3.35. The van der Waals surface area contributed by atoms with E-state index in [1.54, 1.807) is 38.1 Å². The van der Waals surface area contributed by atoms with Crippen molar-refractivity contribution in [3.05, 3.63) is 34.3 Å². The van der Waals surface area contributed by atoms with Crippen LogP contribution in [0.3, 0.4) is 0 Å². The van der Waals surface area contributed by atoms with Gasteiger partial charge in [-0.2, -0.15) is 0 Å². The number of aliphatic carboxylic acids is 1. The Morgan fingerprint density at radius 1 is 1.39 bits per heavy atom. The third-order valence-electron chi connectivity index (χ3n) is 3.01. The lowest BCUT2D eigenvalue weighted by molar-refractivity contribution is -0.156. The van der Waals surface area contributed by atoms with Crippen LogP contribution in [0.4, 0.5) is 0 Å². The van der Waals surface area contributed by atoms with Gasteiger partial charge in [0.15, 0.2) is 5.54 Å². The topological polar surface area (TPSA) is 57.6 Å². The summed E-state index contributed by atoms with van der Waals surface area (Å²) in [6.45, 7) is 5.11. The van der Waals surface area contributed by atoms with Crippen molar-refractivity contribution in [2.45, 2.75) is 32.4 Å². The van der Waals surface area contributed by atoms with E-state index in [-0.39, 0.29) is 6.04 Å². The summed E-state index contributed by atoms with van der Waals surface area (Å²) in [7, 11) is 0. The average Bonchev–Trinajstić information content (AvgIpc) is 2.29. The van der Waals surface area contributed by atoms with Gasteiger partial charge in [0.2, 0.25) is 6.41 Å². The number of hydrogen-bond donors (Lipinski definition) is 1. The molecule has 0 spiro atoms. The molecule has 0 fully saturated rings. The van der Waals surface area contributed by atoms with Crippen LogP contribution in [0, 0.1) is 0 Å². The second-order valence-corrected chi connectivity index (χ2v) is 5.41. The number of benzene rings is 1. The molecule has 0 radical (unpaired) electrons. The third kappa shape index (κ3) is 2.56. The van der Waals surface area contributed by atoms with Crippen LogP contribution < -0.4 is 0 Å². The van der Waals surface area contributed by atoms with Gasteiger partial charge in [-0.3, -0.25) is 4.79 Å². The summed E-state index contributed by atoms with van der Waals surface area (Å²) in [5.41, 5.74) is -0.796. The highest BCUT2D eigenvalue weighted by Gasteiger charge is 2.42. The van der Waals surface area contributed by atoms with E-state index in [4.69, 9.17) is 0 Å². The quantitative estimate of drug-likeness (QED) is 0.850. The number of carboxylic acids is 1. The Bertz CT molecular complexity index is 444. The number of rotatable bonds is 5. The second kappa shape index (κ2) is 5.52. The fourth-order valence-corrected chi connectivity index (χ4v) is 2.17. The molecule has 18 heavy (non-hydrogen) atoms. The normalized spacial score (nSPS) is 14.1. The summed E-state index contributed by atoms with van der Waals surface area (Å²) in [6, 6.07) is 6.74. The van der Waals surface area contributed by atoms with E-state index in [0.717, 1.165) is 4.47 Å². The van der Waals surface area contributed by atoms with Gasteiger partial charge >= 0.3 is 5.97 Å². The fraction of sp³-hybridized carbons (Fsp3) is 0.385. The van der Waals surface area contributed by atoms with Gasteiger partial charge in [-0.25, -0.2) is 4.79 Å². The molecule has 0 bridgehead atoms. The summed E-state index contributed by atoms with van der Waals surface area (Å²) < 4.78 is 0.862. The highest BCUT2D eigenvalue weighted by molar-refractivity contribution is 9.10. The van der Waals surface area contributed by atoms with Gasteiger partial charge in [0.25, 0.3) is 0 Å². The Labute approximate surface area is 115 Å². The molecule has 0 aliphatic rings. The van der Waals surface area contributed by atoms with Crippen molar-refractivity contribution in [2.24, 2.45) is 0 Å². The largest absolute Gasteiger partial charge is 0.479 e. The standard InChI is InChI=1S/C13H16BrNO3/c1-9(2)15(8-16)13(3,12(17)18)10-4-6-11(14)7-5-10/h4-9H,1-3H3,(H,17,18). The molecule has 1 atom stereocenters. The molecule has 0 heterocycles. The summed E-state index contributed by atoms with van der Waals surface area (Å²) in [6.07, 6.45) is 0.584. The Hall–Kier alpha value is -1.36. The first-order valence-electron chi connectivity index (χ1n) is 5.57. The van der Waals surface area contributed by atoms with Crippen LogP contribution in [-0.4, -0.2) is 28.4 Å². The van der Waals surface area contributed by atoms with Crippen LogP contribution in [0.25, 0.3) is 0 Å². The lowest BCUT2D eigenvalue weighted by Gasteiger charge is -2.38. The van der Waals surface area contributed by atoms with E-state index in [1.807, 2.05) is 0 Å².